The number of hydrogen-bond donors (Lipinski definition) is 1. The highest BCUT2D eigenvalue weighted by Crippen LogP contribution is 2.15. The lowest BCUT2D eigenvalue weighted by atomic mass is 9.98. The summed E-state index contributed by atoms with van der Waals surface area (Å²) in [6.07, 6.45) is 1.41. The van der Waals surface area contributed by atoms with E-state index in [2.05, 4.69) is 5.32 Å². The molecule has 0 unspecified atom stereocenters. The monoisotopic (exact) mass is 307 g/mol. The van der Waals surface area contributed by atoms with Gasteiger partial charge in [-0.1, -0.05) is 19.1 Å². The Labute approximate surface area is 132 Å². The van der Waals surface area contributed by atoms with Gasteiger partial charge in [0.05, 0.1) is 13.7 Å². The van der Waals surface area contributed by atoms with E-state index in [1.54, 1.807) is 6.92 Å². The third-order valence-electron chi connectivity index (χ3n) is 3.63. The van der Waals surface area contributed by atoms with Crippen molar-refractivity contribution < 1.29 is 19.1 Å². The van der Waals surface area contributed by atoms with Crippen LogP contribution >= 0.6 is 0 Å². The first-order valence-corrected chi connectivity index (χ1v) is 7.56. The first-order chi connectivity index (χ1) is 10.4. The van der Waals surface area contributed by atoms with E-state index in [0.29, 0.717) is 25.9 Å². The molecule has 1 aromatic carbocycles. The highest BCUT2D eigenvalue weighted by atomic mass is 16.5. The molecule has 0 heterocycles. The molecular weight excluding hydrogens is 282 g/mol. The van der Waals surface area contributed by atoms with E-state index in [9.17, 15) is 9.59 Å². The lowest BCUT2D eigenvalue weighted by molar-refractivity contribution is -0.150. The molecule has 5 heteroatoms. The van der Waals surface area contributed by atoms with E-state index < -0.39 is 11.5 Å². The van der Waals surface area contributed by atoms with Crippen LogP contribution in [-0.2, 0) is 20.7 Å². The number of methoxy groups -OCH3 is 1. The van der Waals surface area contributed by atoms with Crippen molar-refractivity contribution in [3.8, 4) is 5.75 Å². The Kier molecular flexibility index (Phi) is 6.89. The minimum absolute atomic E-state index is 0.163. The van der Waals surface area contributed by atoms with Crippen LogP contribution in [-0.4, -0.2) is 31.1 Å². The van der Waals surface area contributed by atoms with E-state index in [1.807, 2.05) is 38.1 Å². The highest BCUT2D eigenvalue weighted by Gasteiger charge is 2.33. The van der Waals surface area contributed by atoms with E-state index in [0.717, 1.165) is 11.3 Å². The third kappa shape index (κ3) is 5.06. The summed E-state index contributed by atoms with van der Waals surface area (Å²) in [5, 5.41) is 2.76. The topological polar surface area (TPSA) is 64.6 Å². The van der Waals surface area contributed by atoms with Gasteiger partial charge in [0.15, 0.2) is 0 Å². The average Bonchev–Trinajstić information content (AvgIpc) is 2.53. The smallest absolute Gasteiger partial charge is 0.331 e. The summed E-state index contributed by atoms with van der Waals surface area (Å²) in [4.78, 5) is 23.8. The van der Waals surface area contributed by atoms with Crippen molar-refractivity contribution >= 4 is 11.9 Å². The van der Waals surface area contributed by atoms with Crippen molar-refractivity contribution in [3.63, 3.8) is 0 Å². The predicted molar refractivity (Wildman–Crippen MR) is 84.8 cm³/mol. The SMILES string of the molecule is CCOc1ccc(CCC(=O)N[C@@](C)(CC)C(=O)OC)cc1. The number of hydrogen-bond acceptors (Lipinski definition) is 4. The van der Waals surface area contributed by atoms with Crippen molar-refractivity contribution in [1.29, 1.82) is 0 Å². The summed E-state index contributed by atoms with van der Waals surface area (Å²) >= 11 is 0. The largest absolute Gasteiger partial charge is 0.494 e. The molecule has 1 atom stereocenters. The summed E-state index contributed by atoms with van der Waals surface area (Å²) < 4.78 is 10.1. The molecule has 0 fully saturated rings. The first-order valence-electron chi connectivity index (χ1n) is 7.56. The number of esters is 1. The molecule has 0 spiro atoms. The van der Waals surface area contributed by atoms with Gasteiger partial charge in [0.1, 0.15) is 11.3 Å². The third-order valence-corrected chi connectivity index (χ3v) is 3.63. The molecule has 0 aromatic heterocycles. The van der Waals surface area contributed by atoms with Crippen molar-refractivity contribution in [1.82, 2.24) is 5.32 Å². The number of benzene rings is 1. The van der Waals surface area contributed by atoms with Crippen molar-refractivity contribution in [3.05, 3.63) is 29.8 Å². The second-order valence-corrected chi connectivity index (χ2v) is 5.30. The number of carbonyl (C=O) groups is 2. The van der Waals surface area contributed by atoms with E-state index in [4.69, 9.17) is 9.47 Å². The molecule has 0 saturated heterocycles. The average molecular weight is 307 g/mol. The predicted octanol–water partition coefficient (Wildman–Crippen LogP) is 2.48. The minimum Gasteiger partial charge on any atom is -0.494 e. The summed E-state index contributed by atoms with van der Waals surface area (Å²) in [6.45, 7) is 6.08. The fourth-order valence-corrected chi connectivity index (χ4v) is 2.06. The molecule has 1 aromatic rings. The molecule has 0 saturated carbocycles. The van der Waals surface area contributed by atoms with Gasteiger partial charge in [-0.25, -0.2) is 4.79 Å². The van der Waals surface area contributed by atoms with Crippen LogP contribution in [0.1, 0.15) is 39.2 Å². The van der Waals surface area contributed by atoms with Crippen molar-refractivity contribution in [2.75, 3.05) is 13.7 Å². The van der Waals surface area contributed by atoms with Crippen molar-refractivity contribution in [2.45, 2.75) is 45.6 Å². The van der Waals surface area contributed by atoms with Crippen LogP contribution in [0.25, 0.3) is 0 Å². The van der Waals surface area contributed by atoms with E-state index >= 15 is 0 Å². The molecule has 1 N–H and O–H groups in total. The van der Waals surface area contributed by atoms with Gasteiger partial charge in [0.25, 0.3) is 0 Å². The van der Waals surface area contributed by atoms with Crippen LogP contribution < -0.4 is 10.1 Å². The lowest BCUT2D eigenvalue weighted by Crippen LogP contribution is -2.52. The van der Waals surface area contributed by atoms with Gasteiger partial charge < -0.3 is 14.8 Å². The van der Waals surface area contributed by atoms with Gasteiger partial charge in [-0.15, -0.1) is 0 Å². The Morgan fingerprint density at radius 3 is 2.32 bits per heavy atom. The number of carbonyl (C=O) groups excluding carboxylic acids is 2. The molecule has 22 heavy (non-hydrogen) atoms. The molecule has 0 aliphatic rings. The lowest BCUT2D eigenvalue weighted by Gasteiger charge is -2.26. The second-order valence-electron chi connectivity index (χ2n) is 5.30. The van der Waals surface area contributed by atoms with Gasteiger partial charge in [0, 0.05) is 6.42 Å². The Hall–Kier alpha value is -2.04. The highest BCUT2D eigenvalue weighted by molar-refractivity contribution is 5.87. The Morgan fingerprint density at radius 1 is 1.18 bits per heavy atom. The minimum atomic E-state index is -0.968. The van der Waals surface area contributed by atoms with Gasteiger partial charge in [-0.05, 0) is 44.4 Å². The number of nitrogens with one attached hydrogen (secondary N) is 1. The molecule has 0 radical (unpaired) electrons. The van der Waals surface area contributed by atoms with Gasteiger partial charge >= 0.3 is 5.97 Å². The number of aryl methyl sites for hydroxylation is 1. The number of ether oxygens (including phenoxy) is 2. The number of rotatable bonds is 8. The van der Waals surface area contributed by atoms with E-state index in [-0.39, 0.29) is 5.91 Å². The van der Waals surface area contributed by atoms with Gasteiger partial charge in [-0.3, -0.25) is 4.79 Å². The van der Waals surface area contributed by atoms with Gasteiger partial charge in [0.2, 0.25) is 5.91 Å². The van der Waals surface area contributed by atoms with Gasteiger partial charge in [-0.2, -0.15) is 0 Å². The standard InChI is InChI=1S/C17H25NO4/c1-5-17(3,16(20)21-4)18-15(19)12-9-13-7-10-14(11-8-13)22-6-2/h7-8,10-11H,5-6,9,12H2,1-4H3,(H,18,19)/t17-/m0/s1. The zero-order chi connectivity index (χ0) is 16.6. The maximum absolute atomic E-state index is 12.0. The summed E-state index contributed by atoms with van der Waals surface area (Å²) in [7, 11) is 1.32. The zero-order valence-corrected chi connectivity index (χ0v) is 13.8. The van der Waals surface area contributed by atoms with E-state index in [1.165, 1.54) is 7.11 Å². The Morgan fingerprint density at radius 2 is 1.82 bits per heavy atom. The fraction of sp³-hybridized carbons (Fsp3) is 0.529. The maximum atomic E-state index is 12.0. The molecule has 0 aliphatic carbocycles. The Balaban J connectivity index is 2.53. The normalized spacial score (nSPS) is 13.1. The van der Waals surface area contributed by atoms with Crippen LogP contribution in [0.15, 0.2) is 24.3 Å². The fourth-order valence-electron chi connectivity index (χ4n) is 2.06. The quantitative estimate of drug-likeness (QED) is 0.749. The molecule has 0 bridgehead atoms. The zero-order valence-electron chi connectivity index (χ0n) is 13.8. The molecule has 5 nitrogen and oxygen atoms in total. The van der Waals surface area contributed by atoms with Crippen LogP contribution in [0, 0.1) is 0 Å². The summed E-state index contributed by atoms with van der Waals surface area (Å²) in [5.41, 5.74) is 0.0832. The molecule has 0 aliphatic heterocycles. The Bertz CT molecular complexity index is 498. The van der Waals surface area contributed by atoms with Crippen LogP contribution in [0.5, 0.6) is 5.75 Å². The molecule has 122 valence electrons. The molecular formula is C17H25NO4. The van der Waals surface area contributed by atoms with Crippen LogP contribution in [0.2, 0.25) is 0 Å². The first kappa shape index (κ1) is 18.0. The van der Waals surface area contributed by atoms with Crippen LogP contribution in [0.3, 0.4) is 0 Å². The summed E-state index contributed by atoms with van der Waals surface area (Å²) in [5.74, 6) is 0.230. The maximum Gasteiger partial charge on any atom is 0.331 e. The molecule has 1 amide bonds. The second kappa shape index (κ2) is 8.41. The van der Waals surface area contributed by atoms with Crippen LogP contribution in [0.4, 0.5) is 0 Å². The van der Waals surface area contributed by atoms with Crippen molar-refractivity contribution in [2.24, 2.45) is 0 Å². The summed E-state index contributed by atoms with van der Waals surface area (Å²) in [6, 6.07) is 7.66. The molecule has 1 rings (SSSR count). The number of amides is 1.